The van der Waals surface area contributed by atoms with Crippen LogP contribution in [0.5, 0.6) is 0 Å². The molecule has 2 rings (SSSR count). The number of halogens is 1. The van der Waals surface area contributed by atoms with Gasteiger partial charge in [-0.25, -0.2) is 0 Å². The Morgan fingerprint density at radius 2 is 2.11 bits per heavy atom. The van der Waals surface area contributed by atoms with Crippen LogP contribution in [0.3, 0.4) is 0 Å². The number of benzene rings is 1. The first-order chi connectivity index (χ1) is 8.81. The number of ether oxygens (including phenoxy) is 1. The standard InChI is InChI=1S/C14H18ClNO2/c15-11-16-9-5-4-8-13(16)14(17)18-10-12-6-2-1-3-7-12/h1-3,6-7,13H,4-5,8-11H2/t13-/m0/s1. The zero-order chi connectivity index (χ0) is 12.8. The Labute approximate surface area is 113 Å². The fraction of sp³-hybridized carbons (Fsp3) is 0.500. The summed E-state index contributed by atoms with van der Waals surface area (Å²) in [4.78, 5) is 14.0. The maximum absolute atomic E-state index is 12.0. The quantitative estimate of drug-likeness (QED) is 0.477. The Balaban J connectivity index is 1.87. The molecule has 1 fully saturated rings. The van der Waals surface area contributed by atoms with E-state index in [9.17, 15) is 4.79 Å². The third kappa shape index (κ3) is 3.47. The lowest BCUT2D eigenvalue weighted by atomic mass is 10.0. The molecule has 1 heterocycles. The van der Waals surface area contributed by atoms with E-state index in [0.29, 0.717) is 12.6 Å². The van der Waals surface area contributed by atoms with Crippen molar-refractivity contribution >= 4 is 17.6 Å². The molecule has 3 nitrogen and oxygen atoms in total. The van der Waals surface area contributed by atoms with Crippen LogP contribution < -0.4 is 0 Å². The van der Waals surface area contributed by atoms with Crippen LogP contribution in [0.15, 0.2) is 30.3 Å². The molecule has 0 unspecified atom stereocenters. The minimum atomic E-state index is -0.167. The monoisotopic (exact) mass is 267 g/mol. The van der Waals surface area contributed by atoms with Gasteiger partial charge >= 0.3 is 5.97 Å². The Morgan fingerprint density at radius 3 is 2.83 bits per heavy atom. The molecule has 98 valence electrons. The maximum atomic E-state index is 12.0. The molecule has 1 atom stereocenters. The minimum Gasteiger partial charge on any atom is -0.460 e. The molecule has 1 aliphatic rings. The van der Waals surface area contributed by atoms with Crippen LogP contribution in [-0.4, -0.2) is 29.5 Å². The second-order valence-electron chi connectivity index (χ2n) is 4.54. The van der Waals surface area contributed by atoms with E-state index in [2.05, 4.69) is 0 Å². The number of piperidine rings is 1. The summed E-state index contributed by atoms with van der Waals surface area (Å²) in [7, 11) is 0. The highest BCUT2D eigenvalue weighted by Gasteiger charge is 2.29. The first-order valence-electron chi connectivity index (χ1n) is 6.32. The molecular formula is C14H18ClNO2. The molecule has 0 N–H and O–H groups in total. The van der Waals surface area contributed by atoms with Gasteiger partial charge in [0.2, 0.25) is 0 Å². The molecule has 0 radical (unpaired) electrons. The van der Waals surface area contributed by atoms with Crippen molar-refractivity contribution < 1.29 is 9.53 Å². The van der Waals surface area contributed by atoms with Crippen molar-refractivity contribution in [3.05, 3.63) is 35.9 Å². The van der Waals surface area contributed by atoms with E-state index in [1.54, 1.807) is 0 Å². The fourth-order valence-corrected chi connectivity index (χ4v) is 2.51. The largest absolute Gasteiger partial charge is 0.460 e. The van der Waals surface area contributed by atoms with E-state index in [1.165, 1.54) is 0 Å². The molecule has 4 heteroatoms. The highest BCUT2D eigenvalue weighted by molar-refractivity contribution is 6.17. The second-order valence-corrected chi connectivity index (χ2v) is 4.78. The number of hydrogen-bond acceptors (Lipinski definition) is 3. The Bertz CT molecular complexity index is 383. The highest BCUT2D eigenvalue weighted by atomic mass is 35.5. The predicted octanol–water partition coefficient (Wildman–Crippen LogP) is 2.78. The third-order valence-corrected chi connectivity index (χ3v) is 3.57. The number of carbonyl (C=O) groups is 1. The van der Waals surface area contributed by atoms with E-state index in [0.717, 1.165) is 31.4 Å². The Kier molecular flexibility index (Phi) is 5.02. The number of nitrogens with zero attached hydrogens (tertiary/aromatic N) is 1. The average Bonchev–Trinajstić information content (AvgIpc) is 2.45. The lowest BCUT2D eigenvalue weighted by molar-refractivity contribution is -0.152. The van der Waals surface area contributed by atoms with E-state index < -0.39 is 0 Å². The molecule has 0 bridgehead atoms. The van der Waals surface area contributed by atoms with Crippen molar-refractivity contribution in [1.82, 2.24) is 4.90 Å². The van der Waals surface area contributed by atoms with Gasteiger partial charge in [-0.3, -0.25) is 9.69 Å². The summed E-state index contributed by atoms with van der Waals surface area (Å²) in [5.74, 6) is -0.154. The lowest BCUT2D eigenvalue weighted by Gasteiger charge is -2.32. The van der Waals surface area contributed by atoms with Gasteiger partial charge < -0.3 is 4.74 Å². The molecule has 0 aliphatic carbocycles. The summed E-state index contributed by atoms with van der Waals surface area (Å²) < 4.78 is 5.36. The minimum absolute atomic E-state index is 0.154. The van der Waals surface area contributed by atoms with Crippen molar-refractivity contribution in [3.8, 4) is 0 Å². The molecule has 1 aromatic carbocycles. The van der Waals surface area contributed by atoms with Crippen molar-refractivity contribution in [2.45, 2.75) is 31.9 Å². The number of rotatable bonds is 4. The van der Waals surface area contributed by atoms with Crippen LogP contribution in [0.4, 0.5) is 0 Å². The van der Waals surface area contributed by atoms with E-state index in [-0.39, 0.29) is 12.0 Å². The Hall–Kier alpha value is -1.06. The number of likely N-dealkylation sites (tertiary alicyclic amines) is 1. The topological polar surface area (TPSA) is 29.5 Å². The SMILES string of the molecule is O=C(OCc1ccccc1)[C@@H]1CCCCN1CCl. The zero-order valence-corrected chi connectivity index (χ0v) is 11.1. The van der Waals surface area contributed by atoms with Gasteiger partial charge in [-0.15, -0.1) is 11.6 Å². The van der Waals surface area contributed by atoms with E-state index >= 15 is 0 Å². The lowest BCUT2D eigenvalue weighted by Crippen LogP contribution is -2.44. The molecule has 1 aromatic rings. The van der Waals surface area contributed by atoms with Gasteiger partial charge in [0.25, 0.3) is 0 Å². The van der Waals surface area contributed by atoms with Crippen molar-refractivity contribution in [2.24, 2.45) is 0 Å². The van der Waals surface area contributed by atoms with Crippen LogP contribution in [0, 0.1) is 0 Å². The van der Waals surface area contributed by atoms with Crippen LogP contribution in [0.25, 0.3) is 0 Å². The Morgan fingerprint density at radius 1 is 1.33 bits per heavy atom. The van der Waals surface area contributed by atoms with E-state index in [4.69, 9.17) is 16.3 Å². The summed E-state index contributed by atoms with van der Waals surface area (Å²) in [5, 5.41) is 0. The molecule has 0 amide bonds. The first-order valence-corrected chi connectivity index (χ1v) is 6.85. The molecule has 0 aromatic heterocycles. The van der Waals surface area contributed by atoms with Crippen LogP contribution in [0.2, 0.25) is 0 Å². The van der Waals surface area contributed by atoms with Gasteiger partial charge in [0, 0.05) is 6.54 Å². The molecule has 18 heavy (non-hydrogen) atoms. The smallest absolute Gasteiger partial charge is 0.323 e. The van der Waals surface area contributed by atoms with Gasteiger partial charge in [0.15, 0.2) is 0 Å². The van der Waals surface area contributed by atoms with Crippen molar-refractivity contribution in [1.29, 1.82) is 0 Å². The van der Waals surface area contributed by atoms with Crippen LogP contribution in [-0.2, 0) is 16.1 Å². The van der Waals surface area contributed by atoms with Crippen molar-refractivity contribution in [2.75, 3.05) is 12.5 Å². The molecule has 0 saturated carbocycles. The summed E-state index contributed by atoms with van der Waals surface area (Å²) in [6.07, 6.45) is 3.02. The molecule has 1 aliphatic heterocycles. The number of hydrogen-bond donors (Lipinski definition) is 0. The normalized spacial score (nSPS) is 20.6. The zero-order valence-electron chi connectivity index (χ0n) is 10.3. The summed E-state index contributed by atoms with van der Waals surface area (Å²) in [6, 6.07) is 9.96. The number of carbonyl (C=O) groups excluding carboxylic acids is 1. The summed E-state index contributed by atoms with van der Waals surface area (Å²) in [5.41, 5.74) is 1.01. The van der Waals surface area contributed by atoms with Crippen LogP contribution >= 0.6 is 11.6 Å². The van der Waals surface area contributed by atoms with Gasteiger partial charge in [0.05, 0.1) is 6.00 Å². The highest BCUT2D eigenvalue weighted by Crippen LogP contribution is 2.19. The van der Waals surface area contributed by atoms with Gasteiger partial charge in [-0.2, -0.15) is 0 Å². The van der Waals surface area contributed by atoms with Crippen LogP contribution in [0.1, 0.15) is 24.8 Å². The number of alkyl halides is 1. The third-order valence-electron chi connectivity index (χ3n) is 3.26. The van der Waals surface area contributed by atoms with E-state index in [1.807, 2.05) is 35.2 Å². The molecule has 0 spiro atoms. The van der Waals surface area contributed by atoms with Gasteiger partial charge in [0.1, 0.15) is 12.6 Å². The predicted molar refractivity (Wildman–Crippen MR) is 71.3 cm³/mol. The second kappa shape index (κ2) is 6.76. The summed E-state index contributed by atoms with van der Waals surface area (Å²) >= 11 is 5.85. The maximum Gasteiger partial charge on any atom is 0.323 e. The molecular weight excluding hydrogens is 250 g/mol. The first kappa shape index (κ1) is 13.4. The summed E-state index contributed by atoms with van der Waals surface area (Å²) in [6.45, 7) is 1.22. The van der Waals surface area contributed by atoms with Gasteiger partial charge in [-0.1, -0.05) is 36.8 Å². The molecule has 1 saturated heterocycles. The fourth-order valence-electron chi connectivity index (χ4n) is 2.23. The van der Waals surface area contributed by atoms with Gasteiger partial charge in [-0.05, 0) is 18.4 Å². The average molecular weight is 268 g/mol. The number of esters is 1. The van der Waals surface area contributed by atoms with Crippen molar-refractivity contribution in [3.63, 3.8) is 0 Å².